The molecule has 5 heteroatoms. The molecule has 0 fully saturated rings. The van der Waals surface area contributed by atoms with Crippen LogP contribution in [0.25, 0.3) is 0 Å². The molecule has 1 amide bonds. The standard InChI is InChI=1S/C16H21N3OS/c1-4-9-17-14-7-5-13(6-8-14)15(20)19-12(3)16-18-10-11(2)21-16/h5-8,10,12,17H,4,9H2,1-3H3,(H,19,20). The first-order chi connectivity index (χ1) is 10.1. The van der Waals surface area contributed by atoms with Crippen LogP contribution in [0.2, 0.25) is 0 Å². The Morgan fingerprint density at radius 3 is 2.62 bits per heavy atom. The molecular weight excluding hydrogens is 282 g/mol. The van der Waals surface area contributed by atoms with E-state index in [2.05, 4.69) is 22.5 Å². The average molecular weight is 303 g/mol. The Morgan fingerprint density at radius 2 is 2.05 bits per heavy atom. The summed E-state index contributed by atoms with van der Waals surface area (Å²) in [7, 11) is 0. The highest BCUT2D eigenvalue weighted by atomic mass is 32.1. The molecule has 0 spiro atoms. The third-order valence-electron chi connectivity index (χ3n) is 3.08. The maximum absolute atomic E-state index is 12.2. The zero-order chi connectivity index (χ0) is 15.2. The fraction of sp³-hybridized carbons (Fsp3) is 0.375. The molecule has 0 aliphatic heterocycles. The van der Waals surface area contributed by atoms with Crippen LogP contribution in [0.1, 0.15) is 46.6 Å². The monoisotopic (exact) mass is 303 g/mol. The first kappa shape index (κ1) is 15.5. The number of carbonyl (C=O) groups is 1. The highest BCUT2D eigenvalue weighted by molar-refractivity contribution is 7.11. The molecule has 4 nitrogen and oxygen atoms in total. The number of thiazole rings is 1. The first-order valence-corrected chi connectivity index (χ1v) is 7.99. The Balaban J connectivity index is 1.96. The van der Waals surface area contributed by atoms with Crippen molar-refractivity contribution in [1.29, 1.82) is 0 Å². The minimum atomic E-state index is -0.0749. The molecule has 2 rings (SSSR count). The van der Waals surface area contributed by atoms with Gasteiger partial charge >= 0.3 is 0 Å². The molecule has 0 saturated heterocycles. The Kier molecular flexibility index (Phi) is 5.33. The van der Waals surface area contributed by atoms with Gasteiger partial charge in [0.2, 0.25) is 0 Å². The Bertz CT molecular complexity index is 592. The maximum Gasteiger partial charge on any atom is 0.251 e. The third kappa shape index (κ3) is 4.29. The quantitative estimate of drug-likeness (QED) is 0.854. The van der Waals surface area contributed by atoms with Gasteiger partial charge in [-0.3, -0.25) is 4.79 Å². The van der Waals surface area contributed by atoms with Gasteiger partial charge in [-0.05, 0) is 44.5 Å². The maximum atomic E-state index is 12.2. The van der Waals surface area contributed by atoms with Crippen molar-refractivity contribution in [2.75, 3.05) is 11.9 Å². The number of rotatable bonds is 6. The van der Waals surface area contributed by atoms with Crippen LogP contribution < -0.4 is 10.6 Å². The Labute approximate surface area is 129 Å². The zero-order valence-electron chi connectivity index (χ0n) is 12.6. The van der Waals surface area contributed by atoms with Crippen molar-refractivity contribution < 1.29 is 4.79 Å². The smallest absolute Gasteiger partial charge is 0.251 e. The van der Waals surface area contributed by atoms with Gasteiger partial charge in [-0.1, -0.05) is 6.92 Å². The number of hydrogen-bond acceptors (Lipinski definition) is 4. The lowest BCUT2D eigenvalue weighted by Crippen LogP contribution is -2.26. The van der Waals surface area contributed by atoms with Gasteiger partial charge in [0.25, 0.3) is 5.91 Å². The molecule has 2 N–H and O–H groups in total. The summed E-state index contributed by atoms with van der Waals surface area (Å²) in [6.07, 6.45) is 2.91. The van der Waals surface area contributed by atoms with Crippen LogP contribution in [0.4, 0.5) is 5.69 Å². The average Bonchev–Trinajstić information content (AvgIpc) is 2.92. The molecule has 0 saturated carbocycles. The highest BCUT2D eigenvalue weighted by Gasteiger charge is 2.13. The van der Waals surface area contributed by atoms with E-state index in [1.54, 1.807) is 11.3 Å². The lowest BCUT2D eigenvalue weighted by Gasteiger charge is -2.12. The SMILES string of the molecule is CCCNc1ccc(C(=O)NC(C)c2ncc(C)s2)cc1. The molecule has 0 aliphatic carbocycles. The van der Waals surface area contributed by atoms with Crippen LogP contribution in [0.5, 0.6) is 0 Å². The van der Waals surface area contributed by atoms with Crippen molar-refractivity contribution in [3.8, 4) is 0 Å². The molecule has 21 heavy (non-hydrogen) atoms. The van der Waals surface area contributed by atoms with Crippen LogP contribution in [0.15, 0.2) is 30.5 Å². The van der Waals surface area contributed by atoms with Crippen molar-refractivity contribution in [2.45, 2.75) is 33.2 Å². The number of aromatic nitrogens is 1. The summed E-state index contributed by atoms with van der Waals surface area (Å²) in [5, 5.41) is 7.20. The predicted octanol–water partition coefficient (Wildman–Crippen LogP) is 3.76. The molecule has 112 valence electrons. The second-order valence-corrected chi connectivity index (χ2v) is 6.27. The summed E-state index contributed by atoms with van der Waals surface area (Å²) in [5.41, 5.74) is 1.70. The molecule has 0 aliphatic rings. The number of nitrogens with zero attached hydrogens (tertiary/aromatic N) is 1. The summed E-state index contributed by atoms with van der Waals surface area (Å²) in [6.45, 7) is 7.02. The summed E-state index contributed by atoms with van der Waals surface area (Å²) in [5.74, 6) is -0.0719. The van der Waals surface area contributed by atoms with E-state index >= 15 is 0 Å². The van der Waals surface area contributed by atoms with Crippen LogP contribution in [-0.4, -0.2) is 17.4 Å². The van der Waals surface area contributed by atoms with E-state index < -0.39 is 0 Å². The van der Waals surface area contributed by atoms with Gasteiger partial charge in [0.15, 0.2) is 0 Å². The van der Waals surface area contributed by atoms with E-state index in [4.69, 9.17) is 0 Å². The van der Waals surface area contributed by atoms with Gasteiger partial charge < -0.3 is 10.6 Å². The van der Waals surface area contributed by atoms with Gasteiger partial charge in [-0.25, -0.2) is 4.98 Å². The van der Waals surface area contributed by atoms with E-state index in [1.807, 2.05) is 44.3 Å². The number of carbonyl (C=O) groups excluding carboxylic acids is 1. The summed E-state index contributed by atoms with van der Waals surface area (Å²) >= 11 is 1.61. The largest absolute Gasteiger partial charge is 0.385 e. The van der Waals surface area contributed by atoms with Gasteiger partial charge in [0.1, 0.15) is 5.01 Å². The van der Waals surface area contributed by atoms with Crippen molar-refractivity contribution in [1.82, 2.24) is 10.3 Å². The first-order valence-electron chi connectivity index (χ1n) is 7.17. The lowest BCUT2D eigenvalue weighted by atomic mass is 10.2. The van der Waals surface area contributed by atoms with Gasteiger partial charge in [0.05, 0.1) is 6.04 Å². The van der Waals surface area contributed by atoms with Gasteiger partial charge in [-0.15, -0.1) is 11.3 Å². The highest BCUT2D eigenvalue weighted by Crippen LogP contribution is 2.19. The van der Waals surface area contributed by atoms with Crippen LogP contribution in [0.3, 0.4) is 0 Å². The van der Waals surface area contributed by atoms with Gasteiger partial charge in [0, 0.05) is 28.9 Å². The second-order valence-electron chi connectivity index (χ2n) is 5.01. The minimum Gasteiger partial charge on any atom is -0.385 e. The Morgan fingerprint density at radius 1 is 1.33 bits per heavy atom. The molecule has 0 radical (unpaired) electrons. The molecule has 1 atom stereocenters. The molecular formula is C16H21N3OS. The summed E-state index contributed by atoms with van der Waals surface area (Å²) in [6, 6.07) is 7.47. The topological polar surface area (TPSA) is 54.0 Å². The van der Waals surface area contributed by atoms with Crippen LogP contribution in [-0.2, 0) is 0 Å². The number of aryl methyl sites for hydroxylation is 1. The minimum absolute atomic E-state index is 0.0719. The number of nitrogens with one attached hydrogen (secondary N) is 2. The molecule has 1 unspecified atom stereocenters. The molecule has 1 heterocycles. The fourth-order valence-corrected chi connectivity index (χ4v) is 2.70. The lowest BCUT2D eigenvalue weighted by molar-refractivity contribution is 0.0940. The van der Waals surface area contributed by atoms with Crippen molar-refractivity contribution in [3.05, 3.63) is 45.9 Å². The summed E-state index contributed by atoms with van der Waals surface area (Å²) < 4.78 is 0. The van der Waals surface area contributed by atoms with E-state index in [0.29, 0.717) is 5.56 Å². The van der Waals surface area contributed by atoms with Crippen molar-refractivity contribution >= 4 is 22.9 Å². The van der Waals surface area contributed by atoms with E-state index in [0.717, 1.165) is 28.5 Å². The van der Waals surface area contributed by atoms with Crippen LogP contribution in [0, 0.1) is 6.92 Å². The van der Waals surface area contributed by atoms with Crippen molar-refractivity contribution in [2.24, 2.45) is 0 Å². The predicted molar refractivity (Wildman–Crippen MR) is 88.0 cm³/mol. The molecule has 2 aromatic rings. The summed E-state index contributed by atoms with van der Waals surface area (Å²) in [4.78, 5) is 17.7. The van der Waals surface area contributed by atoms with E-state index in [1.165, 1.54) is 0 Å². The number of benzene rings is 1. The Hall–Kier alpha value is -1.88. The normalized spacial score (nSPS) is 12.0. The third-order valence-corrected chi connectivity index (χ3v) is 4.18. The number of amides is 1. The molecule has 0 bridgehead atoms. The molecule has 1 aromatic heterocycles. The van der Waals surface area contributed by atoms with E-state index in [-0.39, 0.29) is 11.9 Å². The van der Waals surface area contributed by atoms with Crippen LogP contribution >= 0.6 is 11.3 Å². The second kappa shape index (κ2) is 7.22. The number of hydrogen-bond donors (Lipinski definition) is 2. The zero-order valence-corrected chi connectivity index (χ0v) is 13.5. The number of anilines is 1. The van der Waals surface area contributed by atoms with E-state index in [9.17, 15) is 4.79 Å². The van der Waals surface area contributed by atoms with Gasteiger partial charge in [-0.2, -0.15) is 0 Å². The van der Waals surface area contributed by atoms with Crippen molar-refractivity contribution in [3.63, 3.8) is 0 Å². The molecule has 1 aromatic carbocycles. The fourth-order valence-electron chi connectivity index (χ4n) is 1.92.